The summed E-state index contributed by atoms with van der Waals surface area (Å²) in [6.07, 6.45) is 2.00. The smallest absolute Gasteiger partial charge is 0.237 e. The monoisotopic (exact) mass is 359 g/mol. The summed E-state index contributed by atoms with van der Waals surface area (Å²) in [7, 11) is 1.67. The zero-order valence-electron chi connectivity index (χ0n) is 14.8. The molecule has 0 spiro atoms. The van der Waals surface area contributed by atoms with Crippen LogP contribution in [-0.2, 0) is 29.2 Å². The second kappa shape index (κ2) is 8.56. The van der Waals surface area contributed by atoms with Crippen LogP contribution in [0.1, 0.15) is 34.0 Å². The predicted molar refractivity (Wildman–Crippen MR) is 99.3 cm³/mol. The van der Waals surface area contributed by atoms with Crippen LogP contribution in [0.2, 0.25) is 0 Å². The van der Waals surface area contributed by atoms with E-state index in [1.807, 2.05) is 25.1 Å². The van der Waals surface area contributed by atoms with Crippen molar-refractivity contribution in [2.24, 2.45) is 0 Å². The van der Waals surface area contributed by atoms with E-state index in [2.05, 4.69) is 27.3 Å². The number of carbonyl (C=O) groups excluding carboxylic acids is 1. The molecule has 0 saturated carbocycles. The van der Waals surface area contributed by atoms with Crippen molar-refractivity contribution in [1.29, 1.82) is 0 Å². The van der Waals surface area contributed by atoms with E-state index in [1.54, 1.807) is 18.4 Å². The number of nitrogens with one attached hydrogen (secondary N) is 1. The molecule has 2 aromatic rings. The van der Waals surface area contributed by atoms with Crippen molar-refractivity contribution in [2.45, 2.75) is 45.5 Å². The summed E-state index contributed by atoms with van der Waals surface area (Å²) in [6, 6.07) is 10.3. The summed E-state index contributed by atoms with van der Waals surface area (Å²) < 4.78 is 5.13. The van der Waals surface area contributed by atoms with Crippen molar-refractivity contribution in [3.63, 3.8) is 0 Å². The van der Waals surface area contributed by atoms with Crippen molar-refractivity contribution in [1.82, 2.24) is 15.2 Å². The molecule has 1 atom stereocenters. The van der Waals surface area contributed by atoms with E-state index in [-0.39, 0.29) is 11.9 Å². The molecule has 1 amide bonds. The van der Waals surface area contributed by atoms with Crippen LogP contribution in [0, 0.1) is 6.92 Å². The van der Waals surface area contributed by atoms with Crippen molar-refractivity contribution in [3.05, 3.63) is 51.5 Å². The Morgan fingerprint density at radius 1 is 1.40 bits per heavy atom. The summed E-state index contributed by atoms with van der Waals surface area (Å²) in [5, 5.41) is 4.06. The van der Waals surface area contributed by atoms with Gasteiger partial charge < -0.3 is 10.1 Å². The lowest BCUT2D eigenvalue weighted by Crippen LogP contribution is -2.42. The highest BCUT2D eigenvalue weighted by Crippen LogP contribution is 2.22. The predicted octanol–water partition coefficient (Wildman–Crippen LogP) is 2.88. The van der Waals surface area contributed by atoms with Gasteiger partial charge in [0.1, 0.15) is 5.01 Å². The highest BCUT2D eigenvalue weighted by atomic mass is 32.1. The first-order valence-corrected chi connectivity index (χ1v) is 9.49. The lowest BCUT2D eigenvalue weighted by molar-refractivity contribution is -0.125. The Balaban J connectivity index is 1.56. The number of ether oxygens (including phenoxy) is 1. The Bertz CT molecular complexity index is 702. The normalized spacial score (nSPS) is 17.8. The topological polar surface area (TPSA) is 54.5 Å². The summed E-state index contributed by atoms with van der Waals surface area (Å²) in [5.74, 6) is 0.120. The van der Waals surface area contributed by atoms with E-state index in [0.29, 0.717) is 13.2 Å². The molecule has 1 aliphatic heterocycles. The number of aryl methyl sites for hydroxylation is 1. The average Bonchev–Trinajstić information content (AvgIpc) is 3.20. The maximum atomic E-state index is 12.7. The van der Waals surface area contributed by atoms with Gasteiger partial charge in [-0.15, -0.1) is 11.3 Å². The number of nitrogens with zero attached hydrogens (tertiary/aromatic N) is 2. The number of hydrogen-bond donors (Lipinski definition) is 1. The van der Waals surface area contributed by atoms with Crippen LogP contribution in [0.25, 0.3) is 0 Å². The van der Waals surface area contributed by atoms with E-state index in [4.69, 9.17) is 4.74 Å². The Hall–Kier alpha value is -1.76. The summed E-state index contributed by atoms with van der Waals surface area (Å²) >= 11 is 1.61. The van der Waals surface area contributed by atoms with E-state index < -0.39 is 0 Å². The first-order chi connectivity index (χ1) is 12.2. The van der Waals surface area contributed by atoms with Gasteiger partial charge in [0.2, 0.25) is 5.91 Å². The third-order valence-corrected chi connectivity index (χ3v) is 5.65. The Morgan fingerprint density at radius 2 is 2.20 bits per heavy atom. The van der Waals surface area contributed by atoms with E-state index in [0.717, 1.165) is 41.5 Å². The Labute approximate surface area is 153 Å². The second-order valence-corrected chi connectivity index (χ2v) is 7.55. The number of carbonyl (C=O) groups is 1. The Morgan fingerprint density at radius 3 is 2.96 bits per heavy atom. The first kappa shape index (κ1) is 18.0. The van der Waals surface area contributed by atoms with Gasteiger partial charge in [-0.05, 0) is 31.9 Å². The molecule has 5 nitrogen and oxygen atoms in total. The van der Waals surface area contributed by atoms with E-state index in [9.17, 15) is 4.79 Å². The fourth-order valence-electron chi connectivity index (χ4n) is 3.25. The molecule has 1 fully saturated rings. The molecule has 0 aliphatic carbocycles. The lowest BCUT2D eigenvalue weighted by Gasteiger charge is -2.23. The van der Waals surface area contributed by atoms with Gasteiger partial charge in [-0.1, -0.05) is 30.3 Å². The summed E-state index contributed by atoms with van der Waals surface area (Å²) in [4.78, 5) is 20.5. The van der Waals surface area contributed by atoms with Gasteiger partial charge in [0, 0.05) is 18.5 Å². The van der Waals surface area contributed by atoms with Crippen LogP contribution in [0.15, 0.2) is 30.3 Å². The van der Waals surface area contributed by atoms with Crippen molar-refractivity contribution in [2.75, 3.05) is 13.7 Å². The number of thiazole rings is 1. The molecule has 2 heterocycles. The van der Waals surface area contributed by atoms with Gasteiger partial charge in [-0.3, -0.25) is 9.69 Å². The molecule has 6 heteroatoms. The third-order valence-electron chi connectivity index (χ3n) is 4.52. The van der Waals surface area contributed by atoms with Gasteiger partial charge in [0.05, 0.1) is 24.9 Å². The van der Waals surface area contributed by atoms with Crippen LogP contribution in [0.5, 0.6) is 0 Å². The van der Waals surface area contributed by atoms with Crippen LogP contribution in [-0.4, -0.2) is 35.5 Å². The van der Waals surface area contributed by atoms with Crippen LogP contribution >= 0.6 is 11.3 Å². The second-order valence-electron chi connectivity index (χ2n) is 6.38. The molecule has 1 N–H and O–H groups in total. The molecule has 134 valence electrons. The molecule has 3 rings (SSSR count). The molecule has 0 bridgehead atoms. The zero-order valence-corrected chi connectivity index (χ0v) is 15.6. The fraction of sp³-hybridized carbons (Fsp3) is 0.474. The van der Waals surface area contributed by atoms with Gasteiger partial charge in [0.25, 0.3) is 0 Å². The molecular weight excluding hydrogens is 334 g/mol. The number of hydrogen-bond acceptors (Lipinski definition) is 5. The average molecular weight is 359 g/mol. The number of methoxy groups -OCH3 is 1. The van der Waals surface area contributed by atoms with Crippen LogP contribution in [0.4, 0.5) is 0 Å². The first-order valence-electron chi connectivity index (χ1n) is 8.67. The minimum absolute atomic E-state index is 0.0353. The SMILES string of the molecule is COCc1nc(C)c(CNC(=O)C2CCCN2Cc2ccccc2)s1. The number of benzene rings is 1. The number of rotatable bonds is 7. The Kier molecular flexibility index (Phi) is 6.18. The van der Waals surface area contributed by atoms with Crippen molar-refractivity contribution < 1.29 is 9.53 Å². The van der Waals surface area contributed by atoms with Gasteiger partial charge in [0.15, 0.2) is 0 Å². The minimum atomic E-state index is -0.0353. The molecule has 1 aliphatic rings. The molecule has 0 radical (unpaired) electrons. The molecule has 1 saturated heterocycles. The quantitative estimate of drug-likeness (QED) is 0.826. The van der Waals surface area contributed by atoms with Crippen LogP contribution < -0.4 is 5.32 Å². The number of aromatic nitrogens is 1. The van der Waals surface area contributed by atoms with E-state index >= 15 is 0 Å². The molecular formula is C19H25N3O2S. The maximum absolute atomic E-state index is 12.7. The highest BCUT2D eigenvalue weighted by molar-refractivity contribution is 7.11. The number of likely N-dealkylation sites (tertiary alicyclic amines) is 1. The zero-order chi connectivity index (χ0) is 17.6. The molecule has 1 aromatic carbocycles. The van der Waals surface area contributed by atoms with Crippen molar-refractivity contribution >= 4 is 17.2 Å². The third kappa shape index (κ3) is 4.66. The van der Waals surface area contributed by atoms with Gasteiger partial charge >= 0.3 is 0 Å². The highest BCUT2D eigenvalue weighted by Gasteiger charge is 2.30. The minimum Gasteiger partial charge on any atom is -0.378 e. The summed E-state index contributed by atoms with van der Waals surface area (Å²) in [5.41, 5.74) is 2.23. The van der Waals surface area contributed by atoms with Crippen molar-refractivity contribution in [3.8, 4) is 0 Å². The van der Waals surface area contributed by atoms with Gasteiger partial charge in [-0.25, -0.2) is 4.98 Å². The van der Waals surface area contributed by atoms with Gasteiger partial charge in [-0.2, -0.15) is 0 Å². The molecule has 1 unspecified atom stereocenters. The van der Waals surface area contributed by atoms with E-state index in [1.165, 1.54) is 5.56 Å². The lowest BCUT2D eigenvalue weighted by atomic mass is 10.1. The largest absolute Gasteiger partial charge is 0.378 e. The fourth-order valence-corrected chi connectivity index (χ4v) is 4.23. The molecule has 1 aromatic heterocycles. The maximum Gasteiger partial charge on any atom is 0.237 e. The molecule has 25 heavy (non-hydrogen) atoms. The number of amides is 1. The standard InChI is InChI=1S/C19H25N3O2S/c1-14-17(25-18(21-14)13-24-2)11-20-19(23)16-9-6-10-22(16)12-15-7-4-3-5-8-15/h3-5,7-8,16H,6,9-13H2,1-2H3,(H,20,23). The summed E-state index contributed by atoms with van der Waals surface area (Å²) in [6.45, 7) is 4.85. The van der Waals surface area contributed by atoms with Crippen LogP contribution in [0.3, 0.4) is 0 Å².